The van der Waals surface area contributed by atoms with Gasteiger partial charge in [-0.15, -0.1) is 0 Å². The minimum atomic E-state index is -0.252. The van der Waals surface area contributed by atoms with Crippen molar-refractivity contribution in [3.63, 3.8) is 0 Å². The predicted molar refractivity (Wildman–Crippen MR) is 70.3 cm³/mol. The van der Waals surface area contributed by atoms with E-state index in [1.807, 2.05) is 10.8 Å². The third-order valence-corrected chi connectivity index (χ3v) is 3.55. The Morgan fingerprint density at radius 3 is 3.17 bits per heavy atom. The average molecular weight is 262 g/mol. The van der Waals surface area contributed by atoms with Crippen LogP contribution in [0.3, 0.4) is 0 Å². The lowest BCUT2D eigenvalue weighted by molar-refractivity contribution is 0.629. The molecule has 0 fully saturated rings. The quantitative estimate of drug-likeness (QED) is 0.786. The first kappa shape index (κ1) is 11.2. The Hall–Kier alpha value is -1.95. The van der Waals surface area contributed by atoms with Gasteiger partial charge in [0.25, 0.3) is 0 Å². The van der Waals surface area contributed by atoms with Crippen LogP contribution < -0.4 is 5.32 Å². The van der Waals surface area contributed by atoms with Crippen molar-refractivity contribution in [3.8, 4) is 0 Å². The van der Waals surface area contributed by atoms with Gasteiger partial charge < -0.3 is 9.88 Å². The molecule has 92 valence electrons. The number of hydrogen-bond acceptors (Lipinski definition) is 4. The van der Waals surface area contributed by atoms with E-state index in [2.05, 4.69) is 15.3 Å². The number of rotatable bonds is 4. The highest BCUT2D eigenvalue weighted by Gasteiger charge is 2.04. The Bertz CT molecular complexity index is 647. The largest absolute Gasteiger partial charge is 0.360 e. The number of aromatic nitrogens is 3. The SMILES string of the molecule is Fc1ccc2sc(NCCn3ccnc3)nc2c1. The molecule has 3 aromatic rings. The minimum Gasteiger partial charge on any atom is -0.360 e. The minimum absolute atomic E-state index is 0.252. The molecule has 0 unspecified atom stereocenters. The Kier molecular flexibility index (Phi) is 2.93. The second-order valence-electron chi connectivity index (χ2n) is 3.86. The van der Waals surface area contributed by atoms with Gasteiger partial charge in [-0.05, 0) is 12.1 Å². The molecule has 18 heavy (non-hydrogen) atoms. The molecule has 0 bridgehead atoms. The zero-order valence-corrected chi connectivity index (χ0v) is 10.3. The summed E-state index contributed by atoms with van der Waals surface area (Å²) in [6, 6.07) is 4.66. The van der Waals surface area contributed by atoms with Gasteiger partial charge in [-0.25, -0.2) is 14.4 Å². The Morgan fingerprint density at radius 2 is 2.33 bits per heavy atom. The molecule has 4 nitrogen and oxygen atoms in total. The summed E-state index contributed by atoms with van der Waals surface area (Å²) >= 11 is 1.53. The molecule has 1 N–H and O–H groups in total. The zero-order chi connectivity index (χ0) is 12.4. The molecule has 2 heterocycles. The highest BCUT2D eigenvalue weighted by atomic mass is 32.1. The molecule has 0 aliphatic heterocycles. The standard InChI is InChI=1S/C12H11FN4S/c13-9-1-2-11-10(7-9)16-12(18-11)15-4-6-17-5-3-14-8-17/h1-3,5,7-8H,4,6H2,(H,15,16). The van der Waals surface area contributed by atoms with Gasteiger partial charge in [-0.2, -0.15) is 0 Å². The summed E-state index contributed by atoms with van der Waals surface area (Å²) < 4.78 is 16.0. The fourth-order valence-electron chi connectivity index (χ4n) is 1.69. The third-order valence-electron chi connectivity index (χ3n) is 2.56. The molecule has 0 saturated heterocycles. The van der Waals surface area contributed by atoms with E-state index in [4.69, 9.17) is 0 Å². The van der Waals surface area contributed by atoms with Crippen LogP contribution in [-0.4, -0.2) is 21.1 Å². The van der Waals surface area contributed by atoms with Crippen molar-refractivity contribution in [1.29, 1.82) is 0 Å². The van der Waals surface area contributed by atoms with Crippen LogP contribution in [0.5, 0.6) is 0 Å². The van der Waals surface area contributed by atoms with Crippen LogP contribution in [0, 0.1) is 5.82 Å². The van der Waals surface area contributed by atoms with Crippen LogP contribution in [0.4, 0.5) is 9.52 Å². The van der Waals surface area contributed by atoms with Crippen LogP contribution in [0.15, 0.2) is 36.9 Å². The number of hydrogen-bond donors (Lipinski definition) is 1. The summed E-state index contributed by atoms with van der Waals surface area (Å²) in [4.78, 5) is 8.31. The van der Waals surface area contributed by atoms with Crippen LogP contribution in [0.1, 0.15) is 0 Å². The van der Waals surface area contributed by atoms with E-state index in [1.165, 1.54) is 23.5 Å². The molecule has 2 aromatic heterocycles. The summed E-state index contributed by atoms with van der Waals surface area (Å²) in [7, 11) is 0. The number of halogens is 1. The number of nitrogens with one attached hydrogen (secondary N) is 1. The highest BCUT2D eigenvalue weighted by molar-refractivity contribution is 7.22. The Morgan fingerprint density at radius 1 is 1.39 bits per heavy atom. The fraction of sp³-hybridized carbons (Fsp3) is 0.167. The predicted octanol–water partition coefficient (Wildman–Crippen LogP) is 2.74. The molecule has 0 amide bonds. The van der Waals surface area contributed by atoms with E-state index in [0.29, 0.717) is 5.52 Å². The van der Waals surface area contributed by atoms with Gasteiger partial charge in [0.15, 0.2) is 5.13 Å². The van der Waals surface area contributed by atoms with Crippen molar-refractivity contribution in [1.82, 2.24) is 14.5 Å². The number of thiazole rings is 1. The molecular formula is C12H11FN4S. The molecule has 1 aromatic carbocycles. The first-order valence-electron chi connectivity index (χ1n) is 5.57. The molecule has 0 spiro atoms. The molecule has 0 radical (unpaired) electrons. The maximum Gasteiger partial charge on any atom is 0.183 e. The lowest BCUT2D eigenvalue weighted by Gasteiger charge is -2.02. The van der Waals surface area contributed by atoms with E-state index in [0.717, 1.165) is 22.9 Å². The topological polar surface area (TPSA) is 42.7 Å². The lowest BCUT2D eigenvalue weighted by Crippen LogP contribution is -2.08. The number of fused-ring (bicyclic) bond motifs is 1. The van der Waals surface area contributed by atoms with Crippen molar-refractivity contribution in [2.24, 2.45) is 0 Å². The van der Waals surface area contributed by atoms with Crippen molar-refractivity contribution >= 4 is 26.7 Å². The summed E-state index contributed by atoms with van der Waals surface area (Å²) in [5.41, 5.74) is 0.699. The maximum atomic E-state index is 13.0. The normalized spacial score (nSPS) is 10.9. The Labute approximate surface area is 107 Å². The maximum absolute atomic E-state index is 13.0. The van der Waals surface area contributed by atoms with Crippen LogP contribution in [-0.2, 0) is 6.54 Å². The van der Waals surface area contributed by atoms with Crippen LogP contribution in [0.2, 0.25) is 0 Å². The molecule has 3 rings (SSSR count). The lowest BCUT2D eigenvalue weighted by atomic mass is 10.3. The summed E-state index contributed by atoms with van der Waals surface area (Å²) in [5, 5.41) is 4.04. The van der Waals surface area contributed by atoms with Crippen LogP contribution >= 0.6 is 11.3 Å². The average Bonchev–Trinajstić information content (AvgIpc) is 2.97. The van der Waals surface area contributed by atoms with E-state index >= 15 is 0 Å². The van der Waals surface area contributed by atoms with Crippen molar-refractivity contribution in [2.75, 3.05) is 11.9 Å². The monoisotopic (exact) mass is 262 g/mol. The second kappa shape index (κ2) is 4.73. The van der Waals surface area contributed by atoms with Crippen molar-refractivity contribution in [2.45, 2.75) is 6.54 Å². The number of nitrogens with zero attached hydrogens (tertiary/aromatic N) is 3. The first-order valence-corrected chi connectivity index (χ1v) is 6.38. The van der Waals surface area contributed by atoms with Gasteiger partial charge in [0.05, 0.1) is 16.5 Å². The van der Waals surface area contributed by atoms with Gasteiger partial charge >= 0.3 is 0 Å². The molecule has 0 aliphatic carbocycles. The van der Waals surface area contributed by atoms with Gasteiger partial charge in [-0.1, -0.05) is 11.3 Å². The number of imidazole rings is 1. The van der Waals surface area contributed by atoms with E-state index in [1.54, 1.807) is 18.6 Å². The third kappa shape index (κ3) is 2.33. The Balaban J connectivity index is 1.67. The molecule has 0 aliphatic rings. The molecule has 0 saturated carbocycles. The molecular weight excluding hydrogens is 251 g/mol. The smallest absolute Gasteiger partial charge is 0.183 e. The van der Waals surface area contributed by atoms with Gasteiger partial charge in [0.1, 0.15) is 5.82 Å². The van der Waals surface area contributed by atoms with E-state index in [9.17, 15) is 4.39 Å². The van der Waals surface area contributed by atoms with Crippen molar-refractivity contribution < 1.29 is 4.39 Å². The van der Waals surface area contributed by atoms with E-state index < -0.39 is 0 Å². The van der Waals surface area contributed by atoms with Gasteiger partial charge in [0, 0.05) is 31.5 Å². The van der Waals surface area contributed by atoms with E-state index in [-0.39, 0.29) is 5.82 Å². The summed E-state index contributed by atoms with van der Waals surface area (Å²) in [5.74, 6) is -0.252. The molecule has 6 heteroatoms. The van der Waals surface area contributed by atoms with Gasteiger partial charge in [0.2, 0.25) is 0 Å². The molecule has 0 atom stereocenters. The van der Waals surface area contributed by atoms with Gasteiger partial charge in [-0.3, -0.25) is 0 Å². The van der Waals surface area contributed by atoms with Crippen molar-refractivity contribution in [3.05, 3.63) is 42.7 Å². The number of benzene rings is 1. The van der Waals surface area contributed by atoms with Crippen LogP contribution in [0.25, 0.3) is 10.2 Å². The number of anilines is 1. The summed E-state index contributed by atoms with van der Waals surface area (Å²) in [6.07, 6.45) is 5.44. The fourth-order valence-corrected chi connectivity index (χ4v) is 2.56. The summed E-state index contributed by atoms with van der Waals surface area (Å²) in [6.45, 7) is 1.59. The second-order valence-corrected chi connectivity index (χ2v) is 4.89. The zero-order valence-electron chi connectivity index (χ0n) is 9.51. The highest BCUT2D eigenvalue weighted by Crippen LogP contribution is 2.26. The first-order chi connectivity index (χ1) is 8.81.